The van der Waals surface area contributed by atoms with Gasteiger partial charge in [-0.05, 0) is 185 Å². The molecule has 7 aliphatic heterocycles. The fourth-order valence-electron chi connectivity index (χ4n) is 11.8. The van der Waals surface area contributed by atoms with Gasteiger partial charge in [0.2, 0.25) is 0 Å². The number of aliphatic imine (C=N–C) groups is 1. The SMILES string of the molecule is Brc1csc(C2OCCO2)c1.C1=NCCc2ccccc21.CC(C)(C)OC(=O)N1CCc2ccccc2C1c1csc(C2OCCO2)c1.CC(C)(C)OC(=O)N1CCc2ccccc2C1c1csc(C=O)c1.c1ccc2c(c1)CCNC2c1csc(C2OCCO2)c1. The third-order valence-corrected chi connectivity index (χ3v) is 20.4. The van der Waals surface area contributed by atoms with Crippen LogP contribution in [0.25, 0.3) is 0 Å². The molecule has 0 saturated carbocycles. The lowest BCUT2D eigenvalue weighted by atomic mass is 9.89. The monoisotopic (exact) mass is 1380 g/mol. The number of ether oxygens (including phenoxy) is 8. The molecule has 3 atom stereocenters. The molecule has 3 unspecified atom stereocenters. The van der Waals surface area contributed by atoms with Crippen LogP contribution in [0.1, 0.15) is 164 Å². The number of hydrogen-bond donors (Lipinski definition) is 1. The molecule has 20 heteroatoms. The number of fused-ring (bicyclic) bond motifs is 4. The maximum absolute atomic E-state index is 12.9. The van der Waals surface area contributed by atoms with Crippen LogP contribution in [0.4, 0.5) is 9.59 Å². The summed E-state index contributed by atoms with van der Waals surface area (Å²) in [6.07, 6.45) is 5.49. The topological polar surface area (TPSA) is 156 Å². The minimum absolute atomic E-state index is 0.119. The summed E-state index contributed by atoms with van der Waals surface area (Å²) in [6.45, 7) is 18.6. The van der Waals surface area contributed by atoms with Crippen LogP contribution < -0.4 is 5.32 Å². The molecule has 3 fully saturated rings. The predicted molar refractivity (Wildman–Crippen MR) is 367 cm³/mol. The summed E-state index contributed by atoms with van der Waals surface area (Å²) in [6, 6.07) is 41.7. The lowest BCUT2D eigenvalue weighted by Crippen LogP contribution is -2.43. The number of carbonyl (C=O) groups excluding carboxylic acids is 3. The van der Waals surface area contributed by atoms with Crippen molar-refractivity contribution >= 4 is 86.0 Å². The van der Waals surface area contributed by atoms with Gasteiger partial charge in [0.05, 0.1) is 77.3 Å². The average Bonchev–Trinajstić information content (AvgIpc) is 1.30. The number of thiophene rings is 4. The van der Waals surface area contributed by atoms with Crippen molar-refractivity contribution in [2.24, 2.45) is 4.99 Å². The predicted octanol–water partition coefficient (Wildman–Crippen LogP) is 16.4. The molecule has 0 bridgehead atoms. The van der Waals surface area contributed by atoms with Crippen LogP contribution in [0, 0.1) is 0 Å². The Morgan fingerprint density at radius 1 is 0.533 bits per heavy atom. The van der Waals surface area contributed by atoms with Crippen LogP contribution in [-0.2, 0) is 63.6 Å². The molecule has 0 aliphatic carbocycles. The van der Waals surface area contributed by atoms with Crippen molar-refractivity contribution in [3.05, 3.63) is 228 Å². The Hall–Kier alpha value is -6.24. The number of aldehydes is 1. The maximum atomic E-state index is 12.9. The highest BCUT2D eigenvalue weighted by Crippen LogP contribution is 2.42. The van der Waals surface area contributed by atoms with Crippen LogP contribution in [0.5, 0.6) is 0 Å². The van der Waals surface area contributed by atoms with Crippen LogP contribution >= 0.6 is 61.3 Å². The molecule has 3 saturated heterocycles. The van der Waals surface area contributed by atoms with E-state index >= 15 is 0 Å². The normalized spacial score (nSPS) is 19.4. The minimum atomic E-state index is -0.540. The van der Waals surface area contributed by atoms with Gasteiger partial charge in [-0.25, -0.2) is 9.59 Å². The maximum Gasteiger partial charge on any atom is 0.411 e. The van der Waals surface area contributed by atoms with E-state index in [0.717, 1.165) is 81.5 Å². The van der Waals surface area contributed by atoms with Crippen molar-refractivity contribution in [3.8, 4) is 0 Å². The van der Waals surface area contributed by atoms with E-state index in [-0.39, 0.29) is 43.1 Å². The molecule has 4 aromatic carbocycles. The largest absolute Gasteiger partial charge is 0.444 e. The number of nitrogens with one attached hydrogen (secondary N) is 1. The number of halogens is 1. The Morgan fingerprint density at radius 3 is 1.46 bits per heavy atom. The Balaban J connectivity index is 0.000000123. The summed E-state index contributed by atoms with van der Waals surface area (Å²) in [5.74, 6) is 0. The van der Waals surface area contributed by atoms with E-state index in [0.29, 0.717) is 63.6 Å². The zero-order valence-electron chi connectivity index (χ0n) is 52.7. The fourth-order valence-corrected chi connectivity index (χ4v) is 15.8. The van der Waals surface area contributed by atoms with E-state index in [1.165, 1.54) is 55.2 Å². The van der Waals surface area contributed by atoms with Crippen molar-refractivity contribution in [1.82, 2.24) is 15.1 Å². The summed E-state index contributed by atoms with van der Waals surface area (Å²) in [4.78, 5) is 48.5. The Labute approximate surface area is 563 Å². The Morgan fingerprint density at radius 2 is 0.967 bits per heavy atom. The second kappa shape index (κ2) is 31.3. The van der Waals surface area contributed by atoms with Gasteiger partial charge in [-0.15, -0.1) is 45.3 Å². The van der Waals surface area contributed by atoms with Crippen molar-refractivity contribution < 1.29 is 52.3 Å². The van der Waals surface area contributed by atoms with Gasteiger partial charge in [0, 0.05) is 42.2 Å². The number of amides is 2. The number of hydrogen-bond acceptors (Lipinski definition) is 17. The molecule has 0 spiro atoms. The third kappa shape index (κ3) is 17.4. The standard InChI is InChI=1S/C21H25NO4S.C19H21NO3S.C16H17NO2S.C9H9N.C7H7BrO2S/c1-21(2,3)26-20(23)22-9-8-14-6-4-5-7-16(14)18(22)15-12-17(27-13-15)19-24-10-11-25-19;1-19(2,3)23-18(22)20-9-8-13-6-4-5-7-16(13)17(20)14-10-15(11-21)24-12-14;1-2-4-13-11(3-1)5-6-17-15(13)12-9-14(20-10-12)16-18-7-8-19-16;1-2-4-9-7-10-6-5-8(9)3-1;8-5-3-6(11-4-5)7-9-1-2-10-7/h4-7,12-13,18-19H,8-11H2,1-3H3;4-7,10-12,17H,8-9H2,1-3H3;1-4,9-10,15-17H,5-8H2;1-4,7H,5-6H2;3-4,7H,1-2H2. The molecule has 15 rings (SSSR count). The summed E-state index contributed by atoms with van der Waals surface area (Å²) >= 11 is 9.76. The molecular weight excluding hydrogens is 1300 g/mol. The number of nitrogens with zero attached hydrogens (tertiary/aromatic N) is 3. The van der Waals surface area contributed by atoms with Gasteiger partial charge in [-0.1, -0.05) is 97.1 Å². The molecule has 4 aromatic heterocycles. The lowest BCUT2D eigenvalue weighted by molar-refractivity contribution is -0.0415. The average molecular weight is 1380 g/mol. The first-order valence-corrected chi connectivity index (χ1v) is 35.5. The number of carbonyl (C=O) groups is 3. The zero-order chi connectivity index (χ0) is 64.2. The first kappa shape index (κ1) is 67.2. The molecule has 92 heavy (non-hydrogen) atoms. The Bertz CT molecular complexity index is 3770. The van der Waals surface area contributed by atoms with Crippen LogP contribution in [0.15, 0.2) is 152 Å². The van der Waals surface area contributed by atoms with E-state index in [9.17, 15) is 14.4 Å². The summed E-state index contributed by atoms with van der Waals surface area (Å²) in [5, 5.41) is 11.9. The first-order valence-electron chi connectivity index (χ1n) is 31.2. The van der Waals surface area contributed by atoms with E-state index in [4.69, 9.17) is 37.9 Å². The third-order valence-electron chi connectivity index (χ3n) is 15.9. The van der Waals surface area contributed by atoms with Crippen molar-refractivity contribution in [2.45, 2.75) is 115 Å². The molecule has 2 amide bonds. The van der Waals surface area contributed by atoms with E-state index in [2.05, 4.69) is 128 Å². The highest BCUT2D eigenvalue weighted by atomic mass is 79.9. The second-order valence-electron chi connectivity index (χ2n) is 24.7. The van der Waals surface area contributed by atoms with Gasteiger partial charge < -0.3 is 43.2 Å². The molecule has 1 N–H and O–H groups in total. The van der Waals surface area contributed by atoms with Crippen molar-refractivity contribution in [1.29, 1.82) is 0 Å². The molecular formula is C72H79BrN4O11S4. The first-order chi connectivity index (χ1) is 44.6. The molecule has 8 aromatic rings. The van der Waals surface area contributed by atoms with Crippen LogP contribution in [0.2, 0.25) is 0 Å². The van der Waals surface area contributed by atoms with Gasteiger partial charge in [-0.2, -0.15) is 0 Å². The number of rotatable bonds is 7. The quantitative estimate of drug-likeness (QED) is 0.151. The van der Waals surface area contributed by atoms with Gasteiger partial charge in [0.1, 0.15) is 11.2 Å². The molecule has 7 aliphatic rings. The lowest BCUT2D eigenvalue weighted by Gasteiger charge is -2.38. The smallest absolute Gasteiger partial charge is 0.411 e. The molecule has 15 nitrogen and oxygen atoms in total. The molecule has 484 valence electrons. The molecule has 0 radical (unpaired) electrons. The second-order valence-corrected chi connectivity index (χ2v) is 29.4. The fraction of sp³-hybridized carbons (Fsp3) is 0.389. The van der Waals surface area contributed by atoms with Crippen molar-refractivity contribution in [2.75, 3.05) is 65.8 Å². The van der Waals surface area contributed by atoms with Gasteiger partial charge in [-0.3, -0.25) is 19.6 Å². The molecule has 11 heterocycles. The van der Waals surface area contributed by atoms with Crippen LogP contribution in [-0.4, -0.2) is 112 Å². The van der Waals surface area contributed by atoms with E-state index in [1.54, 1.807) is 38.9 Å². The zero-order valence-corrected chi connectivity index (χ0v) is 57.6. The Kier molecular flexibility index (Phi) is 22.9. The summed E-state index contributed by atoms with van der Waals surface area (Å²) in [7, 11) is 0. The van der Waals surface area contributed by atoms with Crippen molar-refractivity contribution in [3.63, 3.8) is 0 Å². The minimum Gasteiger partial charge on any atom is -0.444 e. The number of benzene rings is 4. The van der Waals surface area contributed by atoms with E-state index in [1.807, 2.05) is 93.7 Å². The van der Waals surface area contributed by atoms with Gasteiger partial charge >= 0.3 is 12.2 Å². The van der Waals surface area contributed by atoms with Crippen LogP contribution in [0.3, 0.4) is 0 Å². The highest BCUT2D eigenvalue weighted by Gasteiger charge is 2.38. The highest BCUT2D eigenvalue weighted by molar-refractivity contribution is 9.10. The van der Waals surface area contributed by atoms with Gasteiger partial charge in [0.25, 0.3) is 0 Å². The summed E-state index contributed by atoms with van der Waals surface area (Å²) in [5.41, 5.74) is 12.6. The summed E-state index contributed by atoms with van der Waals surface area (Å²) < 4.78 is 45.4. The van der Waals surface area contributed by atoms with E-state index < -0.39 is 11.2 Å². The van der Waals surface area contributed by atoms with Gasteiger partial charge in [0.15, 0.2) is 25.2 Å².